The lowest BCUT2D eigenvalue weighted by Gasteiger charge is -2.23. The normalized spacial score (nSPS) is 13.2. The summed E-state index contributed by atoms with van der Waals surface area (Å²) in [6.45, 7) is 2.92. The number of rotatable bonds is 25. The molecule has 0 saturated heterocycles. The number of esters is 2. The molecule has 4 aromatic rings. The van der Waals surface area contributed by atoms with Gasteiger partial charge in [0.2, 0.25) is 17.7 Å². The number of nitrogens with zero attached hydrogens (tertiary/aromatic N) is 4. The Morgan fingerprint density at radius 1 is 0.800 bits per heavy atom. The molecule has 0 unspecified atom stereocenters. The number of benzene rings is 2. The predicted molar refractivity (Wildman–Crippen MR) is 243 cm³/mol. The number of ether oxygens (including phenoxy) is 3. The van der Waals surface area contributed by atoms with Gasteiger partial charge in [-0.3, -0.25) is 9.59 Å². The van der Waals surface area contributed by atoms with Crippen molar-refractivity contribution in [3.05, 3.63) is 76.6 Å². The average molecular weight is 933 g/mol. The fraction of sp³-hybridized carbons (Fsp3) is 0.409. The molecule has 0 spiro atoms. The van der Waals surface area contributed by atoms with Gasteiger partial charge in [-0.15, -0.1) is 0 Å². The van der Waals surface area contributed by atoms with Gasteiger partial charge in [-0.25, -0.2) is 19.6 Å². The maximum absolute atomic E-state index is 13.2. The summed E-state index contributed by atoms with van der Waals surface area (Å²) in [5.74, 6) is -1.95. The fourth-order valence-electron chi connectivity index (χ4n) is 6.06. The number of nitrogens with two attached hydrogens (primary N) is 5. The Labute approximate surface area is 386 Å². The monoisotopic (exact) mass is 931 g/mol. The number of thioether (sulfide) groups is 1. The van der Waals surface area contributed by atoms with Crippen molar-refractivity contribution in [3.8, 4) is 40.5 Å². The fourth-order valence-corrected chi connectivity index (χ4v) is 7.06. The molecule has 4 rings (SSSR count). The Hall–Kier alpha value is -6.26. The lowest BCUT2D eigenvalue weighted by molar-refractivity contribution is -0.163. The number of hydrogen-bond acceptors (Lipinski definition) is 18. The van der Waals surface area contributed by atoms with Gasteiger partial charge in [-0.1, -0.05) is 48.3 Å². The Kier molecular flexibility index (Phi) is 20.5. The average Bonchev–Trinajstić information content (AvgIpc) is 3.78. The second-order valence-electron chi connectivity index (χ2n) is 14.9. The van der Waals surface area contributed by atoms with Crippen molar-refractivity contribution in [2.45, 2.75) is 93.4 Å². The highest BCUT2D eigenvalue weighted by molar-refractivity contribution is 7.98. The van der Waals surface area contributed by atoms with Gasteiger partial charge in [0.05, 0.1) is 23.3 Å². The van der Waals surface area contributed by atoms with Crippen molar-refractivity contribution in [1.29, 1.82) is 10.5 Å². The number of unbranched alkanes of at least 4 members (excludes halogenated alkanes) is 2. The molecule has 5 atom stereocenters. The van der Waals surface area contributed by atoms with Gasteiger partial charge in [-0.2, -0.15) is 10.5 Å². The lowest BCUT2D eigenvalue weighted by atomic mass is 9.97. The van der Waals surface area contributed by atoms with Crippen molar-refractivity contribution in [3.63, 3.8) is 0 Å². The van der Waals surface area contributed by atoms with Gasteiger partial charge >= 0.3 is 11.9 Å². The van der Waals surface area contributed by atoms with Crippen LogP contribution in [0, 0.1) is 22.7 Å². The summed E-state index contributed by atoms with van der Waals surface area (Å²) in [7, 11) is 0. The van der Waals surface area contributed by atoms with Gasteiger partial charge in [0.1, 0.15) is 65.9 Å². The molecule has 65 heavy (non-hydrogen) atoms. The largest absolute Gasteiger partial charge is 0.490 e. The molecule has 2 heterocycles. The highest BCUT2D eigenvalue weighted by Crippen LogP contribution is 2.37. The number of amides is 2. The summed E-state index contributed by atoms with van der Waals surface area (Å²) in [5, 5.41) is 26.3. The second-order valence-corrected chi connectivity index (χ2v) is 16.3. The topological polar surface area (TPSA) is 337 Å². The lowest BCUT2D eigenvalue weighted by Crippen LogP contribution is -2.49. The van der Waals surface area contributed by atoms with Crippen molar-refractivity contribution >= 4 is 52.9 Å². The molecule has 21 heteroatoms. The first-order valence-electron chi connectivity index (χ1n) is 20.8. The van der Waals surface area contributed by atoms with Crippen LogP contribution in [0.5, 0.6) is 5.75 Å². The van der Waals surface area contributed by atoms with Gasteiger partial charge in [0, 0.05) is 21.9 Å². The van der Waals surface area contributed by atoms with E-state index in [1.54, 1.807) is 48.5 Å². The first-order chi connectivity index (χ1) is 31.2. The third-order valence-electron chi connectivity index (χ3n) is 9.73. The van der Waals surface area contributed by atoms with Crippen LogP contribution in [0.4, 0.5) is 5.82 Å². The Balaban J connectivity index is 1.48. The summed E-state index contributed by atoms with van der Waals surface area (Å²) in [4.78, 5) is 60.3. The summed E-state index contributed by atoms with van der Waals surface area (Å²) < 4.78 is 22.7. The van der Waals surface area contributed by atoms with E-state index in [9.17, 15) is 29.7 Å². The molecule has 19 nitrogen and oxygen atoms in total. The van der Waals surface area contributed by atoms with E-state index in [2.05, 4.69) is 32.7 Å². The van der Waals surface area contributed by atoms with Crippen LogP contribution in [-0.2, 0) is 34.4 Å². The molecular formula is C44H54ClN11O8S. The molecule has 2 amide bonds. The molecule has 12 N–H and O–H groups in total. The maximum Gasteiger partial charge on any atom is 0.328 e. The van der Waals surface area contributed by atoms with E-state index in [0.29, 0.717) is 73.8 Å². The summed E-state index contributed by atoms with van der Waals surface area (Å²) >= 11 is 7.19. The summed E-state index contributed by atoms with van der Waals surface area (Å²) in [5.41, 5.74) is 31.4. The number of carbonyl (C=O) groups excluding carboxylic acids is 4. The van der Waals surface area contributed by atoms with Crippen molar-refractivity contribution < 1.29 is 37.8 Å². The summed E-state index contributed by atoms with van der Waals surface area (Å²) in [6.07, 6.45) is 3.68. The third kappa shape index (κ3) is 15.5. The number of anilines is 1. The first kappa shape index (κ1) is 51.4. The zero-order chi connectivity index (χ0) is 47.5. The smallest absolute Gasteiger partial charge is 0.328 e. The number of carbonyl (C=O) groups is 4. The van der Waals surface area contributed by atoms with Crippen LogP contribution in [0.25, 0.3) is 22.6 Å². The first-order valence-corrected chi connectivity index (χ1v) is 22.1. The molecule has 0 aliphatic carbocycles. The standard InChI is InChI=1S/C44H54ClN11O8S/c1-25(53-39(57)35(50)7-3-5-17-46)43(59)63-23-32(64-44(60)26(2)54-40(58)36(51)8-4-6-18-47)22-61-31-15-11-27(12-16-31)37-33(19-48)38(52)56-42(34(37)20-49)65-24-30-21-62-41(55-30)28-9-13-29(45)14-10-28/h9-16,21,25-26,32,35-36H,3-8,17-18,22-24,46-47,50-51H2,1-2H3,(H2,52,56)(H,53,57)(H,54,58)/t25-,26-,32-,35-,36-/m0/s1. The van der Waals surface area contributed by atoms with Crippen LogP contribution in [0.15, 0.2) is 64.2 Å². The molecule has 0 aliphatic rings. The molecule has 2 aromatic carbocycles. The van der Waals surface area contributed by atoms with E-state index in [4.69, 9.17) is 58.9 Å². The van der Waals surface area contributed by atoms with Crippen LogP contribution in [-0.4, -0.2) is 90.3 Å². The minimum absolute atomic E-state index is 0.00320. The van der Waals surface area contributed by atoms with E-state index in [1.165, 1.54) is 31.9 Å². The number of aromatic nitrogens is 2. The van der Waals surface area contributed by atoms with Crippen LogP contribution in [0.2, 0.25) is 5.02 Å². The number of pyridine rings is 1. The highest BCUT2D eigenvalue weighted by atomic mass is 35.5. The molecule has 0 radical (unpaired) electrons. The predicted octanol–water partition coefficient (Wildman–Crippen LogP) is 3.43. The quantitative estimate of drug-likeness (QED) is 0.0284. The van der Waals surface area contributed by atoms with E-state index < -0.39 is 60.6 Å². The van der Waals surface area contributed by atoms with Crippen LogP contribution in [0.1, 0.15) is 69.2 Å². The molecule has 0 fully saturated rings. The van der Waals surface area contributed by atoms with E-state index in [-0.39, 0.29) is 45.6 Å². The van der Waals surface area contributed by atoms with Crippen molar-refractivity contribution in [2.75, 3.05) is 32.0 Å². The minimum atomic E-state index is -1.20. The van der Waals surface area contributed by atoms with E-state index in [1.807, 2.05) is 0 Å². The number of nitrogen functional groups attached to an aromatic ring is 1. The highest BCUT2D eigenvalue weighted by Gasteiger charge is 2.28. The molecule has 2 aromatic heterocycles. The minimum Gasteiger partial charge on any atom is -0.490 e. The Morgan fingerprint density at radius 2 is 1.37 bits per heavy atom. The Bertz CT molecular complexity index is 2320. The molecule has 0 saturated carbocycles. The van der Waals surface area contributed by atoms with Crippen LogP contribution >= 0.6 is 23.4 Å². The number of oxazole rings is 1. The number of hydrogen-bond donors (Lipinski definition) is 7. The van der Waals surface area contributed by atoms with Gasteiger partial charge in [0.15, 0.2) is 6.10 Å². The number of nitriles is 2. The molecule has 346 valence electrons. The van der Waals surface area contributed by atoms with Crippen molar-refractivity contribution in [2.24, 2.45) is 22.9 Å². The van der Waals surface area contributed by atoms with Crippen LogP contribution in [0.3, 0.4) is 0 Å². The van der Waals surface area contributed by atoms with Crippen molar-refractivity contribution in [1.82, 2.24) is 20.6 Å². The maximum atomic E-state index is 13.2. The van der Waals surface area contributed by atoms with E-state index in [0.717, 1.165) is 5.56 Å². The molecule has 0 bridgehead atoms. The summed E-state index contributed by atoms with van der Waals surface area (Å²) in [6, 6.07) is 13.6. The SMILES string of the molecule is C[C@H](NC(=O)[C@@H](N)CCCCN)C(=O)OC[C@H](COc1ccc(-c2c(C#N)c(N)nc(SCc3coc(-c4ccc(Cl)cc4)n3)c2C#N)cc1)OC(=O)[C@H](C)NC(=O)[C@@H](N)CCCCN. The number of halogens is 1. The Morgan fingerprint density at radius 3 is 1.94 bits per heavy atom. The second kappa shape index (κ2) is 25.9. The molecule has 0 aliphatic heterocycles. The zero-order valence-electron chi connectivity index (χ0n) is 36.1. The zero-order valence-corrected chi connectivity index (χ0v) is 37.7. The van der Waals surface area contributed by atoms with Gasteiger partial charge in [0.25, 0.3) is 0 Å². The van der Waals surface area contributed by atoms with Gasteiger partial charge in [-0.05, 0) is 94.6 Å². The van der Waals surface area contributed by atoms with E-state index >= 15 is 0 Å². The third-order valence-corrected chi connectivity index (χ3v) is 11.0. The number of nitrogens with one attached hydrogen (secondary N) is 2. The van der Waals surface area contributed by atoms with Crippen LogP contribution < -0.4 is 44.0 Å². The molecular weight excluding hydrogens is 878 g/mol. The van der Waals surface area contributed by atoms with Gasteiger partial charge < -0.3 is 57.9 Å².